The third kappa shape index (κ3) is 3.48. The van der Waals surface area contributed by atoms with Crippen molar-refractivity contribution in [2.24, 2.45) is 0 Å². The van der Waals surface area contributed by atoms with Gasteiger partial charge in [0, 0.05) is 43.6 Å². The summed E-state index contributed by atoms with van der Waals surface area (Å²) in [6.45, 7) is 6.24. The first-order valence-electron chi connectivity index (χ1n) is 9.42. The van der Waals surface area contributed by atoms with Crippen molar-refractivity contribution >= 4 is 22.2 Å². The van der Waals surface area contributed by atoms with Crippen molar-refractivity contribution in [1.82, 2.24) is 9.88 Å². The van der Waals surface area contributed by atoms with Crippen LogP contribution in [0.5, 0.6) is 0 Å². The fourth-order valence-electron chi connectivity index (χ4n) is 3.77. The third-order valence-electron chi connectivity index (χ3n) is 5.28. The predicted octanol–water partition coefficient (Wildman–Crippen LogP) is 3.66. The highest BCUT2D eigenvalue weighted by Gasteiger charge is 2.28. The first-order valence-corrected chi connectivity index (χ1v) is 10.2. The molecule has 4 heterocycles. The minimum Gasteiger partial charge on any atom is -0.378 e. The van der Waals surface area contributed by atoms with Gasteiger partial charge in [0.2, 0.25) is 0 Å². The molecule has 0 radical (unpaired) electrons. The fraction of sp³-hybridized carbons (Fsp3) is 0.500. The molecule has 0 saturated carbocycles. The Morgan fingerprint density at radius 2 is 1.96 bits per heavy atom. The first kappa shape index (κ1) is 17.5. The number of likely N-dealkylation sites (tertiary alicyclic amines) is 1. The maximum Gasteiger partial charge on any atom is 0.264 e. The number of carbonyl (C=O) groups is 1. The zero-order valence-electron chi connectivity index (χ0n) is 15.2. The van der Waals surface area contributed by atoms with Gasteiger partial charge in [-0.15, -0.1) is 11.3 Å². The number of carbonyl (C=O) groups excluding carboxylic acids is 1. The molecule has 2 aromatic rings. The Balaban J connectivity index is 1.69. The van der Waals surface area contributed by atoms with E-state index in [2.05, 4.69) is 27.8 Å². The number of piperidine rings is 1. The molecule has 0 bridgehead atoms. The van der Waals surface area contributed by atoms with E-state index in [9.17, 15) is 4.79 Å². The van der Waals surface area contributed by atoms with Crippen LogP contribution >= 0.6 is 11.3 Å². The molecule has 0 aromatic carbocycles. The minimum absolute atomic E-state index is 0.178. The van der Waals surface area contributed by atoms with Gasteiger partial charge in [0.05, 0.1) is 23.1 Å². The summed E-state index contributed by atoms with van der Waals surface area (Å²) in [5.74, 6) is 0.178. The van der Waals surface area contributed by atoms with E-state index in [4.69, 9.17) is 4.74 Å². The molecule has 4 rings (SSSR count). The van der Waals surface area contributed by atoms with Crippen LogP contribution in [0.4, 0.5) is 5.00 Å². The molecule has 2 aromatic heterocycles. The highest BCUT2D eigenvalue weighted by Crippen LogP contribution is 2.40. The number of pyridine rings is 1. The average Bonchev–Trinajstić information content (AvgIpc) is 3.15. The lowest BCUT2D eigenvalue weighted by Gasteiger charge is -2.33. The smallest absolute Gasteiger partial charge is 0.264 e. The predicted molar refractivity (Wildman–Crippen MR) is 105 cm³/mol. The van der Waals surface area contributed by atoms with E-state index >= 15 is 0 Å². The molecule has 0 unspecified atom stereocenters. The zero-order chi connectivity index (χ0) is 17.9. The molecule has 138 valence electrons. The van der Waals surface area contributed by atoms with E-state index in [-0.39, 0.29) is 5.91 Å². The van der Waals surface area contributed by atoms with Crippen molar-refractivity contribution in [1.29, 1.82) is 0 Å². The van der Waals surface area contributed by atoms with Crippen LogP contribution in [-0.4, -0.2) is 54.7 Å². The quantitative estimate of drug-likeness (QED) is 0.826. The van der Waals surface area contributed by atoms with E-state index in [1.807, 2.05) is 24.5 Å². The number of nitrogens with zero attached hydrogens (tertiary/aromatic N) is 3. The van der Waals surface area contributed by atoms with Gasteiger partial charge in [0.15, 0.2) is 0 Å². The average molecular weight is 372 g/mol. The second-order valence-electron chi connectivity index (χ2n) is 7.01. The Hall–Kier alpha value is -1.92. The lowest BCUT2D eigenvalue weighted by molar-refractivity contribution is 0.0640. The number of amides is 1. The Morgan fingerprint density at radius 1 is 1.19 bits per heavy atom. The molecular weight excluding hydrogens is 346 g/mol. The van der Waals surface area contributed by atoms with Crippen LogP contribution in [0.3, 0.4) is 0 Å². The fourth-order valence-corrected chi connectivity index (χ4v) is 4.96. The Morgan fingerprint density at radius 3 is 2.69 bits per heavy atom. The van der Waals surface area contributed by atoms with Crippen LogP contribution in [0.25, 0.3) is 11.1 Å². The van der Waals surface area contributed by atoms with Crippen LogP contribution in [0.2, 0.25) is 0 Å². The van der Waals surface area contributed by atoms with Crippen molar-refractivity contribution in [2.75, 3.05) is 37.7 Å². The number of ether oxygens (including phenoxy) is 1. The van der Waals surface area contributed by atoms with Crippen LogP contribution in [0, 0.1) is 0 Å². The zero-order valence-corrected chi connectivity index (χ0v) is 16.0. The van der Waals surface area contributed by atoms with Gasteiger partial charge in [-0.3, -0.25) is 9.78 Å². The van der Waals surface area contributed by atoms with Crippen molar-refractivity contribution in [3.63, 3.8) is 0 Å². The molecule has 0 spiro atoms. The lowest BCUT2D eigenvalue weighted by atomic mass is 10.0. The summed E-state index contributed by atoms with van der Waals surface area (Å²) in [6, 6.07) is 6.44. The van der Waals surface area contributed by atoms with Crippen LogP contribution in [-0.2, 0) is 4.74 Å². The van der Waals surface area contributed by atoms with Gasteiger partial charge in [0.1, 0.15) is 0 Å². The Kier molecular flexibility index (Phi) is 5.22. The third-order valence-corrected chi connectivity index (χ3v) is 6.46. The summed E-state index contributed by atoms with van der Waals surface area (Å²) < 4.78 is 5.51. The molecular formula is C20H25N3O2S. The van der Waals surface area contributed by atoms with Gasteiger partial charge in [0.25, 0.3) is 5.91 Å². The number of rotatable bonds is 3. The summed E-state index contributed by atoms with van der Waals surface area (Å²) in [5.41, 5.74) is 2.25. The molecule has 5 nitrogen and oxygen atoms in total. The Labute approximate surface area is 158 Å². The van der Waals surface area contributed by atoms with Crippen LogP contribution < -0.4 is 4.90 Å². The molecule has 0 N–H and O–H groups in total. The highest BCUT2D eigenvalue weighted by molar-refractivity contribution is 7.18. The van der Waals surface area contributed by atoms with Gasteiger partial charge in [-0.05, 0) is 49.9 Å². The topological polar surface area (TPSA) is 45.7 Å². The molecule has 1 amide bonds. The second-order valence-corrected chi connectivity index (χ2v) is 8.04. The van der Waals surface area contributed by atoms with Crippen LogP contribution in [0.1, 0.15) is 35.9 Å². The van der Waals surface area contributed by atoms with E-state index in [1.54, 1.807) is 11.3 Å². The van der Waals surface area contributed by atoms with Crippen molar-refractivity contribution in [2.45, 2.75) is 32.2 Å². The van der Waals surface area contributed by atoms with Crippen molar-refractivity contribution in [3.05, 3.63) is 35.5 Å². The summed E-state index contributed by atoms with van der Waals surface area (Å²) in [7, 11) is 0. The van der Waals surface area contributed by atoms with E-state index in [1.165, 1.54) is 11.4 Å². The molecule has 2 aliphatic heterocycles. The Bertz CT molecular complexity index is 756. The molecule has 6 heteroatoms. The van der Waals surface area contributed by atoms with E-state index in [0.717, 1.165) is 61.7 Å². The van der Waals surface area contributed by atoms with E-state index < -0.39 is 0 Å². The SMILES string of the molecule is C[C@@H]1CCCCN1C(=O)c1cc(-c2ccncc2)c(N2CCOCC2)s1. The normalized spacial score (nSPS) is 21.0. The van der Waals surface area contributed by atoms with Gasteiger partial charge >= 0.3 is 0 Å². The highest BCUT2D eigenvalue weighted by atomic mass is 32.1. The second kappa shape index (κ2) is 7.76. The van der Waals surface area contributed by atoms with Gasteiger partial charge in [-0.2, -0.15) is 0 Å². The maximum atomic E-state index is 13.2. The maximum absolute atomic E-state index is 13.2. The molecule has 2 saturated heterocycles. The van der Waals surface area contributed by atoms with Gasteiger partial charge in [-0.1, -0.05) is 0 Å². The lowest BCUT2D eigenvalue weighted by Crippen LogP contribution is -2.41. The number of hydrogen-bond acceptors (Lipinski definition) is 5. The minimum atomic E-state index is 0.178. The monoisotopic (exact) mass is 371 g/mol. The summed E-state index contributed by atoms with van der Waals surface area (Å²) >= 11 is 1.62. The standard InChI is InChI=1S/C20H25N3O2S/c1-15-4-2-3-9-23(15)19(24)18-14-17(16-5-7-21-8-6-16)20(26-18)22-10-12-25-13-11-22/h5-8,14-15H,2-4,9-13H2,1H3/t15-/m1/s1. The molecule has 2 aliphatic rings. The number of morpholine rings is 1. The van der Waals surface area contributed by atoms with Crippen molar-refractivity contribution < 1.29 is 9.53 Å². The van der Waals surface area contributed by atoms with Gasteiger partial charge in [-0.25, -0.2) is 0 Å². The number of aromatic nitrogens is 1. The summed E-state index contributed by atoms with van der Waals surface area (Å²) in [6.07, 6.45) is 7.05. The largest absolute Gasteiger partial charge is 0.378 e. The summed E-state index contributed by atoms with van der Waals surface area (Å²) in [4.78, 5) is 22.5. The molecule has 0 aliphatic carbocycles. The van der Waals surface area contributed by atoms with E-state index in [0.29, 0.717) is 6.04 Å². The molecule has 2 fully saturated rings. The number of anilines is 1. The molecule has 26 heavy (non-hydrogen) atoms. The number of thiophene rings is 1. The summed E-state index contributed by atoms with van der Waals surface area (Å²) in [5, 5.41) is 1.17. The number of hydrogen-bond donors (Lipinski definition) is 0. The van der Waals surface area contributed by atoms with Gasteiger partial charge < -0.3 is 14.5 Å². The van der Waals surface area contributed by atoms with Crippen LogP contribution in [0.15, 0.2) is 30.6 Å². The van der Waals surface area contributed by atoms with Crippen molar-refractivity contribution in [3.8, 4) is 11.1 Å². The first-order chi connectivity index (χ1) is 12.7. The molecule has 1 atom stereocenters.